The second-order valence-corrected chi connectivity index (χ2v) is 4.86. The zero-order chi connectivity index (χ0) is 12.3. The number of nitrogens with two attached hydrogens (primary N) is 1. The number of thioether (sulfide) groups is 1. The highest BCUT2D eigenvalue weighted by molar-refractivity contribution is 7.99. The molecule has 4 heteroatoms. The van der Waals surface area contributed by atoms with Crippen LogP contribution in [0.4, 0.5) is 0 Å². The van der Waals surface area contributed by atoms with Crippen molar-refractivity contribution in [3.05, 3.63) is 42.5 Å². The van der Waals surface area contributed by atoms with Gasteiger partial charge >= 0.3 is 5.97 Å². The molecule has 2 aromatic rings. The van der Waals surface area contributed by atoms with Crippen LogP contribution in [0, 0.1) is 0 Å². The summed E-state index contributed by atoms with van der Waals surface area (Å²) in [7, 11) is 0. The summed E-state index contributed by atoms with van der Waals surface area (Å²) in [6.45, 7) is 0. The molecule has 1 atom stereocenters. The number of carboxylic acid groups (broad SMARTS) is 1. The van der Waals surface area contributed by atoms with Crippen molar-refractivity contribution in [2.75, 3.05) is 5.75 Å². The average molecular weight is 247 g/mol. The maximum absolute atomic E-state index is 10.6. The van der Waals surface area contributed by atoms with Gasteiger partial charge in [0.05, 0.1) is 0 Å². The van der Waals surface area contributed by atoms with E-state index in [0.29, 0.717) is 5.75 Å². The molecule has 0 amide bonds. The number of hydrogen-bond donors (Lipinski definition) is 2. The van der Waals surface area contributed by atoms with Crippen molar-refractivity contribution in [1.82, 2.24) is 0 Å². The Morgan fingerprint density at radius 2 is 1.94 bits per heavy atom. The maximum Gasteiger partial charge on any atom is 0.321 e. The third-order valence-electron chi connectivity index (χ3n) is 2.47. The average Bonchev–Trinajstić information content (AvgIpc) is 2.35. The van der Waals surface area contributed by atoms with E-state index in [9.17, 15) is 4.79 Å². The SMILES string of the molecule is N[C@@H](CSc1ccc2ccccc2c1)C(=O)O. The summed E-state index contributed by atoms with van der Waals surface area (Å²) in [5, 5.41) is 11.0. The molecule has 0 aliphatic heterocycles. The molecule has 2 aromatic carbocycles. The van der Waals surface area contributed by atoms with Gasteiger partial charge in [-0.25, -0.2) is 0 Å². The molecule has 0 aliphatic carbocycles. The van der Waals surface area contributed by atoms with E-state index in [4.69, 9.17) is 10.8 Å². The molecule has 0 unspecified atom stereocenters. The quantitative estimate of drug-likeness (QED) is 0.814. The molecular weight excluding hydrogens is 234 g/mol. The van der Waals surface area contributed by atoms with Crippen LogP contribution >= 0.6 is 11.8 Å². The third-order valence-corrected chi connectivity index (χ3v) is 3.58. The monoisotopic (exact) mass is 247 g/mol. The van der Waals surface area contributed by atoms with E-state index in [2.05, 4.69) is 6.07 Å². The molecule has 2 rings (SSSR count). The first-order valence-corrected chi connectivity index (χ1v) is 6.25. The fourth-order valence-electron chi connectivity index (χ4n) is 1.51. The fourth-order valence-corrected chi connectivity index (χ4v) is 2.40. The van der Waals surface area contributed by atoms with Crippen molar-refractivity contribution in [2.24, 2.45) is 5.73 Å². The number of fused-ring (bicyclic) bond motifs is 1. The number of carbonyl (C=O) groups is 1. The maximum atomic E-state index is 10.6. The van der Waals surface area contributed by atoms with Crippen LogP contribution < -0.4 is 5.73 Å². The first-order chi connectivity index (χ1) is 8.16. The minimum absolute atomic E-state index is 0.383. The van der Waals surface area contributed by atoms with Crippen LogP contribution in [0.2, 0.25) is 0 Å². The summed E-state index contributed by atoms with van der Waals surface area (Å²) in [6.07, 6.45) is 0. The zero-order valence-corrected chi connectivity index (χ0v) is 9.98. The van der Waals surface area contributed by atoms with Crippen LogP contribution in [0.15, 0.2) is 47.4 Å². The molecule has 0 saturated carbocycles. The number of rotatable bonds is 4. The summed E-state index contributed by atoms with van der Waals surface area (Å²) >= 11 is 1.47. The lowest BCUT2D eigenvalue weighted by molar-refractivity contribution is -0.137. The van der Waals surface area contributed by atoms with E-state index in [1.165, 1.54) is 17.1 Å². The van der Waals surface area contributed by atoms with E-state index in [1.807, 2.05) is 36.4 Å². The van der Waals surface area contributed by atoms with Gasteiger partial charge < -0.3 is 10.8 Å². The lowest BCUT2D eigenvalue weighted by Gasteiger charge is -2.06. The molecule has 88 valence electrons. The van der Waals surface area contributed by atoms with Crippen molar-refractivity contribution in [1.29, 1.82) is 0 Å². The van der Waals surface area contributed by atoms with Gasteiger partial charge in [-0.1, -0.05) is 30.3 Å². The summed E-state index contributed by atoms with van der Waals surface area (Å²) in [4.78, 5) is 11.6. The molecule has 0 aromatic heterocycles. The summed E-state index contributed by atoms with van der Waals surface area (Å²) < 4.78 is 0. The minimum atomic E-state index is -0.960. The molecule has 0 heterocycles. The van der Waals surface area contributed by atoms with Gasteiger partial charge in [-0.05, 0) is 22.9 Å². The summed E-state index contributed by atoms with van der Waals surface area (Å²) in [5.41, 5.74) is 5.46. The Bertz CT molecular complexity index is 542. The normalized spacial score (nSPS) is 12.5. The molecule has 17 heavy (non-hydrogen) atoms. The largest absolute Gasteiger partial charge is 0.480 e. The van der Waals surface area contributed by atoms with Gasteiger partial charge in [-0.3, -0.25) is 4.79 Å². The Kier molecular flexibility index (Phi) is 3.66. The van der Waals surface area contributed by atoms with Crippen LogP contribution in [-0.2, 0) is 4.79 Å². The van der Waals surface area contributed by atoms with Crippen LogP contribution in [-0.4, -0.2) is 22.9 Å². The molecule has 0 radical (unpaired) electrons. The highest BCUT2D eigenvalue weighted by Gasteiger charge is 2.11. The van der Waals surface area contributed by atoms with Crippen LogP contribution in [0.3, 0.4) is 0 Å². The molecule has 3 nitrogen and oxygen atoms in total. The predicted molar refractivity (Wildman–Crippen MR) is 70.3 cm³/mol. The van der Waals surface area contributed by atoms with E-state index in [-0.39, 0.29) is 0 Å². The van der Waals surface area contributed by atoms with E-state index in [0.717, 1.165) is 10.3 Å². The second-order valence-electron chi connectivity index (χ2n) is 3.76. The highest BCUT2D eigenvalue weighted by atomic mass is 32.2. The van der Waals surface area contributed by atoms with Crippen molar-refractivity contribution in [2.45, 2.75) is 10.9 Å². The molecule has 3 N–H and O–H groups in total. The van der Waals surface area contributed by atoms with Crippen molar-refractivity contribution >= 4 is 28.5 Å². The van der Waals surface area contributed by atoms with Gasteiger partial charge in [0, 0.05) is 10.6 Å². The molecule has 0 saturated heterocycles. The molecule has 0 aliphatic rings. The van der Waals surface area contributed by atoms with Gasteiger partial charge in [-0.15, -0.1) is 11.8 Å². The van der Waals surface area contributed by atoms with Crippen LogP contribution in [0.1, 0.15) is 0 Å². The van der Waals surface area contributed by atoms with Crippen LogP contribution in [0.5, 0.6) is 0 Å². The van der Waals surface area contributed by atoms with Gasteiger partial charge in [0.1, 0.15) is 6.04 Å². The van der Waals surface area contributed by atoms with Crippen molar-refractivity contribution in [3.8, 4) is 0 Å². The van der Waals surface area contributed by atoms with E-state index < -0.39 is 12.0 Å². The zero-order valence-electron chi connectivity index (χ0n) is 9.17. The van der Waals surface area contributed by atoms with Gasteiger partial charge in [0.25, 0.3) is 0 Å². The van der Waals surface area contributed by atoms with Crippen molar-refractivity contribution in [3.63, 3.8) is 0 Å². The standard InChI is InChI=1S/C13H13NO2S/c14-12(13(15)16)8-17-11-6-5-9-3-1-2-4-10(9)7-11/h1-7,12H,8,14H2,(H,15,16)/t12-/m0/s1. The first kappa shape index (κ1) is 12.0. The van der Waals surface area contributed by atoms with Gasteiger partial charge in [-0.2, -0.15) is 0 Å². The first-order valence-electron chi connectivity index (χ1n) is 5.27. The Labute approximate surface area is 104 Å². The topological polar surface area (TPSA) is 63.3 Å². The fraction of sp³-hybridized carbons (Fsp3) is 0.154. The lowest BCUT2D eigenvalue weighted by atomic mass is 10.1. The van der Waals surface area contributed by atoms with E-state index >= 15 is 0 Å². The van der Waals surface area contributed by atoms with Gasteiger partial charge in [0.2, 0.25) is 0 Å². The Balaban J connectivity index is 2.12. The smallest absolute Gasteiger partial charge is 0.321 e. The number of hydrogen-bond acceptors (Lipinski definition) is 3. The molecular formula is C13H13NO2S. The lowest BCUT2D eigenvalue weighted by Crippen LogP contribution is -2.32. The van der Waals surface area contributed by atoms with Crippen LogP contribution in [0.25, 0.3) is 10.8 Å². The van der Waals surface area contributed by atoms with E-state index in [1.54, 1.807) is 0 Å². The van der Waals surface area contributed by atoms with Gasteiger partial charge in [0.15, 0.2) is 0 Å². The highest BCUT2D eigenvalue weighted by Crippen LogP contribution is 2.23. The van der Waals surface area contributed by atoms with Crippen molar-refractivity contribution < 1.29 is 9.90 Å². The third kappa shape index (κ3) is 2.99. The molecule has 0 fully saturated rings. The molecule has 0 spiro atoms. The number of benzene rings is 2. The number of aliphatic carboxylic acids is 1. The summed E-state index contributed by atoms with van der Waals surface area (Å²) in [6, 6.07) is 13.3. The molecule has 0 bridgehead atoms. The Hall–Kier alpha value is -1.52. The summed E-state index contributed by atoms with van der Waals surface area (Å²) in [5.74, 6) is -0.577. The predicted octanol–water partition coefficient (Wildman–Crippen LogP) is 2.34. The Morgan fingerprint density at radius 3 is 2.65 bits per heavy atom. The minimum Gasteiger partial charge on any atom is -0.480 e. The number of carboxylic acids is 1. The second kappa shape index (κ2) is 5.21. The Morgan fingerprint density at radius 1 is 1.24 bits per heavy atom.